The van der Waals surface area contributed by atoms with E-state index in [1.807, 2.05) is 54.6 Å². The van der Waals surface area contributed by atoms with Crippen molar-refractivity contribution >= 4 is 0 Å². The van der Waals surface area contributed by atoms with Crippen molar-refractivity contribution in [3.8, 4) is 5.75 Å². The summed E-state index contributed by atoms with van der Waals surface area (Å²) in [6, 6.07) is 17.7. The van der Waals surface area contributed by atoms with Gasteiger partial charge in [-0.2, -0.15) is 0 Å². The van der Waals surface area contributed by atoms with Crippen LogP contribution in [0.1, 0.15) is 31.4 Å². The Morgan fingerprint density at radius 2 is 1.39 bits per heavy atom. The van der Waals surface area contributed by atoms with Crippen LogP contribution in [0.3, 0.4) is 0 Å². The molecule has 2 aromatic carbocycles. The lowest BCUT2D eigenvalue weighted by molar-refractivity contribution is -0.467. The van der Waals surface area contributed by atoms with E-state index in [-0.39, 0.29) is 18.6 Å². The average Bonchev–Trinajstić information content (AvgIpc) is 2.92. The molecular weight excluding hydrogens is 464 g/mol. The highest BCUT2D eigenvalue weighted by atomic mass is 16.8. The number of benzene rings is 2. The second-order valence-electron chi connectivity index (χ2n) is 9.60. The maximum absolute atomic E-state index is 10.3. The largest absolute Gasteiger partial charge is 0.497 e. The minimum Gasteiger partial charge on any atom is -0.497 e. The second kappa shape index (κ2) is 11.6. The summed E-state index contributed by atoms with van der Waals surface area (Å²) in [5.74, 6) is -1.82. The van der Waals surface area contributed by atoms with Crippen molar-refractivity contribution in [1.29, 1.82) is 0 Å². The molecule has 0 bridgehead atoms. The Bertz CT molecular complexity index is 954. The zero-order valence-corrected chi connectivity index (χ0v) is 21.7. The first kappa shape index (κ1) is 27.0. The average molecular weight is 503 g/mol. The van der Waals surface area contributed by atoms with E-state index in [9.17, 15) is 5.11 Å². The molecule has 1 N–H and O–H groups in total. The highest BCUT2D eigenvalue weighted by molar-refractivity contribution is 5.26. The molecule has 1 saturated heterocycles. The predicted molar refractivity (Wildman–Crippen MR) is 132 cm³/mol. The van der Waals surface area contributed by atoms with Crippen molar-refractivity contribution in [2.45, 2.75) is 69.5 Å². The Morgan fingerprint density at radius 3 is 1.97 bits per heavy atom. The van der Waals surface area contributed by atoms with Crippen molar-refractivity contribution in [2.75, 3.05) is 27.9 Å². The summed E-state index contributed by atoms with van der Waals surface area (Å²) in [6.45, 7) is 4.26. The highest BCUT2D eigenvalue weighted by Gasteiger charge is 2.62. The van der Waals surface area contributed by atoms with Gasteiger partial charge in [0, 0.05) is 26.7 Å². The van der Waals surface area contributed by atoms with Crippen LogP contribution < -0.4 is 4.74 Å². The van der Waals surface area contributed by atoms with Crippen molar-refractivity contribution in [3.05, 3.63) is 65.7 Å². The Kier molecular flexibility index (Phi) is 8.67. The van der Waals surface area contributed by atoms with Crippen LogP contribution in [0.15, 0.2) is 54.6 Å². The zero-order valence-electron chi connectivity index (χ0n) is 21.7. The molecule has 4 rings (SSSR count). The van der Waals surface area contributed by atoms with Gasteiger partial charge >= 0.3 is 0 Å². The number of ether oxygens (including phenoxy) is 7. The number of aliphatic hydroxyl groups is 1. The van der Waals surface area contributed by atoms with E-state index in [4.69, 9.17) is 33.2 Å². The molecule has 0 unspecified atom stereocenters. The molecular formula is C28H38O8. The van der Waals surface area contributed by atoms with E-state index in [0.717, 1.165) is 16.9 Å². The van der Waals surface area contributed by atoms with Crippen molar-refractivity contribution in [3.63, 3.8) is 0 Å². The summed E-state index contributed by atoms with van der Waals surface area (Å²) in [6.07, 6.45) is -1.29. The van der Waals surface area contributed by atoms with Gasteiger partial charge in [0.1, 0.15) is 18.0 Å². The first-order valence-electron chi connectivity index (χ1n) is 12.3. The Hall–Kier alpha value is -2.04. The van der Waals surface area contributed by atoms with Gasteiger partial charge in [0.2, 0.25) is 11.6 Å². The molecule has 2 fully saturated rings. The third-order valence-corrected chi connectivity index (χ3v) is 7.48. The SMILES string of the molecule is COc1ccc(CO[C@H]2[C@H]3O[C@](C)(OC)[C@@](C)(OC)O[C@@H]3[C@@H](CO)C[C@@H]2OCc2ccccc2)cc1. The number of hydrogen-bond donors (Lipinski definition) is 1. The molecule has 1 aliphatic carbocycles. The van der Waals surface area contributed by atoms with Gasteiger partial charge in [0.25, 0.3) is 0 Å². The maximum Gasteiger partial charge on any atom is 0.220 e. The molecule has 2 aliphatic rings. The standard InChI is InChI=1S/C28H38O8/c1-27(31-4)28(2,32-5)36-26-24(35-27)21(16-29)15-23(33-17-19-9-7-6-8-10-19)25(26)34-18-20-11-13-22(30-3)14-12-20/h6-14,21,23-26,29H,15-18H2,1-5H3/t21-,23+,24-,25-,26+,27+,28+/m1/s1. The van der Waals surface area contributed by atoms with E-state index in [2.05, 4.69) is 0 Å². The summed E-state index contributed by atoms with van der Waals surface area (Å²) in [7, 11) is 4.76. The highest BCUT2D eigenvalue weighted by Crippen LogP contribution is 2.46. The van der Waals surface area contributed by atoms with Gasteiger partial charge in [-0.25, -0.2) is 0 Å². The number of rotatable bonds is 10. The van der Waals surface area contributed by atoms with Gasteiger partial charge in [0.05, 0.1) is 32.5 Å². The van der Waals surface area contributed by atoms with Crippen LogP contribution in [0, 0.1) is 5.92 Å². The molecule has 7 atom stereocenters. The normalized spacial score (nSPS) is 34.2. The first-order valence-corrected chi connectivity index (χ1v) is 12.3. The first-order chi connectivity index (χ1) is 17.4. The van der Waals surface area contributed by atoms with Crippen LogP contribution in [-0.2, 0) is 41.6 Å². The fourth-order valence-electron chi connectivity index (χ4n) is 4.97. The smallest absolute Gasteiger partial charge is 0.220 e. The summed E-state index contributed by atoms with van der Waals surface area (Å²) in [5, 5.41) is 10.3. The molecule has 1 aliphatic heterocycles. The Labute approximate surface area is 213 Å². The van der Waals surface area contributed by atoms with Crippen LogP contribution >= 0.6 is 0 Å². The van der Waals surface area contributed by atoms with Gasteiger partial charge in [-0.15, -0.1) is 0 Å². The van der Waals surface area contributed by atoms with Crippen LogP contribution in [0.25, 0.3) is 0 Å². The second-order valence-corrected chi connectivity index (χ2v) is 9.60. The topological polar surface area (TPSA) is 84.8 Å². The number of fused-ring (bicyclic) bond motifs is 1. The zero-order chi connectivity index (χ0) is 25.8. The summed E-state index contributed by atoms with van der Waals surface area (Å²) < 4.78 is 42.7. The van der Waals surface area contributed by atoms with Gasteiger partial charge in [-0.05, 0) is 43.5 Å². The molecule has 198 valence electrons. The number of hydrogen-bond acceptors (Lipinski definition) is 8. The lowest BCUT2D eigenvalue weighted by Gasteiger charge is -2.57. The third kappa shape index (κ3) is 5.45. The van der Waals surface area contributed by atoms with E-state index < -0.39 is 29.9 Å². The number of methoxy groups -OCH3 is 3. The van der Waals surface area contributed by atoms with Crippen LogP contribution in [0.4, 0.5) is 0 Å². The van der Waals surface area contributed by atoms with Gasteiger partial charge in [-0.3, -0.25) is 0 Å². The predicted octanol–water partition coefficient (Wildman–Crippen LogP) is 3.69. The van der Waals surface area contributed by atoms with Crippen LogP contribution in [0.5, 0.6) is 5.75 Å². The quantitative estimate of drug-likeness (QED) is 0.527. The van der Waals surface area contributed by atoms with Crippen molar-refractivity contribution < 1.29 is 38.3 Å². The van der Waals surface area contributed by atoms with Gasteiger partial charge in [-0.1, -0.05) is 42.5 Å². The minimum absolute atomic E-state index is 0.0790. The summed E-state index contributed by atoms with van der Waals surface area (Å²) in [5.41, 5.74) is 2.05. The molecule has 1 saturated carbocycles. The summed E-state index contributed by atoms with van der Waals surface area (Å²) >= 11 is 0. The van der Waals surface area contributed by atoms with Crippen molar-refractivity contribution in [2.24, 2.45) is 5.92 Å². The number of aliphatic hydroxyl groups excluding tert-OH is 1. The maximum atomic E-state index is 10.3. The molecule has 8 nitrogen and oxygen atoms in total. The lowest BCUT2D eigenvalue weighted by atomic mass is 9.79. The molecule has 0 radical (unpaired) electrons. The lowest BCUT2D eigenvalue weighted by Crippen LogP contribution is -2.71. The molecule has 0 amide bonds. The molecule has 0 spiro atoms. The van der Waals surface area contributed by atoms with Gasteiger partial charge in [0.15, 0.2) is 0 Å². The Balaban J connectivity index is 1.60. The molecule has 0 aromatic heterocycles. The van der Waals surface area contributed by atoms with Crippen molar-refractivity contribution in [1.82, 2.24) is 0 Å². The summed E-state index contributed by atoms with van der Waals surface area (Å²) in [4.78, 5) is 0. The molecule has 8 heteroatoms. The van der Waals surface area contributed by atoms with E-state index in [1.165, 1.54) is 0 Å². The van der Waals surface area contributed by atoms with E-state index in [0.29, 0.717) is 19.6 Å². The van der Waals surface area contributed by atoms with Gasteiger partial charge < -0.3 is 38.3 Å². The van der Waals surface area contributed by atoms with Crippen LogP contribution in [0.2, 0.25) is 0 Å². The monoisotopic (exact) mass is 502 g/mol. The van der Waals surface area contributed by atoms with E-state index in [1.54, 1.807) is 35.2 Å². The molecule has 36 heavy (non-hydrogen) atoms. The fraction of sp³-hybridized carbons (Fsp3) is 0.571. The third-order valence-electron chi connectivity index (χ3n) is 7.48. The fourth-order valence-corrected chi connectivity index (χ4v) is 4.97. The minimum atomic E-state index is -1.20. The Morgan fingerprint density at radius 1 is 0.806 bits per heavy atom. The molecule has 2 aromatic rings. The van der Waals surface area contributed by atoms with Crippen LogP contribution in [-0.4, -0.2) is 69.0 Å². The van der Waals surface area contributed by atoms with E-state index >= 15 is 0 Å². The molecule has 1 heterocycles.